The molecule has 4 aromatic rings. The van der Waals surface area contributed by atoms with Crippen molar-refractivity contribution in [2.75, 3.05) is 5.32 Å². The summed E-state index contributed by atoms with van der Waals surface area (Å²) in [5.41, 5.74) is 2.46. The van der Waals surface area contributed by atoms with E-state index in [2.05, 4.69) is 20.8 Å². The topological polar surface area (TPSA) is 104 Å². The van der Waals surface area contributed by atoms with Crippen molar-refractivity contribution >= 4 is 33.2 Å². The third-order valence-corrected chi connectivity index (χ3v) is 6.93. The number of hydrogen-bond donors (Lipinski definition) is 3. The van der Waals surface area contributed by atoms with Crippen LogP contribution in [-0.4, -0.2) is 24.6 Å². The normalized spacial score (nSPS) is 11.2. The molecule has 162 valence electrons. The van der Waals surface area contributed by atoms with E-state index in [0.29, 0.717) is 28.4 Å². The molecule has 0 fully saturated rings. The van der Waals surface area contributed by atoms with E-state index < -0.39 is 15.9 Å². The highest BCUT2D eigenvalue weighted by Gasteiger charge is 2.22. The second kappa shape index (κ2) is 9.25. The summed E-state index contributed by atoms with van der Waals surface area (Å²) >= 11 is 6.31. The molecule has 0 spiro atoms. The average Bonchev–Trinajstić information content (AvgIpc) is 3.32. The number of aromatic amines is 1. The number of aromatic nitrogens is 2. The Balaban J connectivity index is 1.54. The lowest BCUT2D eigenvalue weighted by atomic mass is 10.1. The highest BCUT2D eigenvalue weighted by molar-refractivity contribution is 7.91. The molecule has 0 aliphatic heterocycles. The summed E-state index contributed by atoms with van der Waals surface area (Å²) in [6, 6.07) is 19.4. The smallest absolute Gasteiger partial charge is 0.319 e. The van der Waals surface area contributed by atoms with Gasteiger partial charge in [-0.25, -0.2) is 13.2 Å². The Bertz CT molecular complexity index is 1340. The van der Waals surface area contributed by atoms with Crippen molar-refractivity contribution < 1.29 is 13.2 Å². The maximum Gasteiger partial charge on any atom is 0.319 e. The van der Waals surface area contributed by atoms with Crippen LogP contribution >= 0.6 is 11.6 Å². The number of sulfone groups is 1. The van der Waals surface area contributed by atoms with E-state index in [0.717, 1.165) is 5.56 Å². The van der Waals surface area contributed by atoms with E-state index in [-0.39, 0.29) is 9.79 Å². The first-order chi connectivity index (χ1) is 15.4. The second-order valence-electron chi connectivity index (χ2n) is 6.92. The van der Waals surface area contributed by atoms with Crippen LogP contribution in [0.3, 0.4) is 0 Å². The van der Waals surface area contributed by atoms with Gasteiger partial charge in [0, 0.05) is 40.1 Å². The molecular weight excluding hydrogens is 448 g/mol. The zero-order valence-electron chi connectivity index (χ0n) is 16.7. The molecule has 1 heterocycles. The van der Waals surface area contributed by atoms with Crippen molar-refractivity contribution in [2.24, 2.45) is 0 Å². The number of rotatable bonds is 6. The molecule has 4 rings (SSSR count). The first kappa shape index (κ1) is 21.6. The number of anilines is 1. The third-order valence-electron chi connectivity index (χ3n) is 4.77. The van der Waals surface area contributed by atoms with Gasteiger partial charge in [0.1, 0.15) is 0 Å². The number of amides is 2. The summed E-state index contributed by atoms with van der Waals surface area (Å²) in [7, 11) is -3.82. The van der Waals surface area contributed by atoms with Crippen LogP contribution < -0.4 is 10.6 Å². The minimum absolute atomic E-state index is 0.112. The number of benzene rings is 3. The summed E-state index contributed by atoms with van der Waals surface area (Å²) in [5.74, 6) is 0. The maximum absolute atomic E-state index is 13.4. The second-order valence-corrected chi connectivity index (χ2v) is 9.24. The number of hydrogen-bond acceptors (Lipinski definition) is 4. The molecule has 32 heavy (non-hydrogen) atoms. The van der Waals surface area contributed by atoms with Gasteiger partial charge in [0.2, 0.25) is 9.84 Å². The fourth-order valence-corrected chi connectivity index (χ4v) is 4.89. The molecule has 0 aliphatic rings. The van der Waals surface area contributed by atoms with Gasteiger partial charge in [0.15, 0.2) is 0 Å². The van der Waals surface area contributed by atoms with Crippen LogP contribution in [0.5, 0.6) is 0 Å². The van der Waals surface area contributed by atoms with Gasteiger partial charge in [-0.3, -0.25) is 5.10 Å². The largest absolute Gasteiger partial charge is 0.334 e. The lowest BCUT2D eigenvalue weighted by molar-refractivity contribution is 0.251. The fourth-order valence-electron chi connectivity index (χ4n) is 3.18. The van der Waals surface area contributed by atoms with Gasteiger partial charge in [-0.1, -0.05) is 48.0 Å². The summed E-state index contributed by atoms with van der Waals surface area (Å²) in [4.78, 5) is 12.3. The minimum Gasteiger partial charge on any atom is -0.334 e. The predicted octanol–water partition coefficient (Wildman–Crippen LogP) is 4.88. The number of urea groups is 1. The molecule has 0 saturated carbocycles. The Labute approximate surface area is 190 Å². The molecule has 7 nitrogen and oxygen atoms in total. The van der Waals surface area contributed by atoms with Gasteiger partial charge in [-0.05, 0) is 36.4 Å². The van der Waals surface area contributed by atoms with Gasteiger partial charge >= 0.3 is 6.03 Å². The fraction of sp³-hybridized carbons (Fsp3) is 0.0435. The number of nitrogens with one attached hydrogen (secondary N) is 3. The predicted molar refractivity (Wildman–Crippen MR) is 123 cm³/mol. The number of carbonyl (C=O) groups is 1. The van der Waals surface area contributed by atoms with E-state index >= 15 is 0 Å². The van der Waals surface area contributed by atoms with Gasteiger partial charge in [-0.2, -0.15) is 5.10 Å². The van der Waals surface area contributed by atoms with Gasteiger partial charge < -0.3 is 10.6 Å². The van der Waals surface area contributed by atoms with Crippen LogP contribution in [0.15, 0.2) is 95.0 Å². The minimum atomic E-state index is -3.82. The third kappa shape index (κ3) is 4.66. The number of H-pyrrole nitrogens is 1. The van der Waals surface area contributed by atoms with E-state index in [9.17, 15) is 13.2 Å². The molecule has 0 unspecified atom stereocenters. The number of nitrogens with zero attached hydrogens (tertiary/aromatic N) is 1. The summed E-state index contributed by atoms with van der Waals surface area (Å²) in [6.07, 6.45) is 3.29. The van der Waals surface area contributed by atoms with Crippen LogP contribution in [0.2, 0.25) is 5.02 Å². The standard InChI is InChI=1S/C23H19ClN4O3S/c24-21-7-3-1-5-19(21)20-6-2-4-8-22(20)32(30,31)18-11-9-17(10-12-18)28-23(29)25-13-16-14-26-27-15-16/h1-12,14-15H,13H2,(H,26,27)(H2,25,28,29). The van der Waals surface area contributed by atoms with Gasteiger partial charge in [0.05, 0.1) is 16.0 Å². The number of carbonyl (C=O) groups excluding carboxylic acids is 1. The molecule has 0 aliphatic carbocycles. The summed E-state index contributed by atoms with van der Waals surface area (Å²) in [6.45, 7) is 0.313. The number of halogens is 1. The van der Waals surface area contributed by atoms with E-state index in [1.54, 1.807) is 67.0 Å². The average molecular weight is 467 g/mol. The summed E-state index contributed by atoms with van der Waals surface area (Å²) < 4.78 is 26.7. The van der Waals surface area contributed by atoms with Crippen molar-refractivity contribution in [1.82, 2.24) is 15.5 Å². The highest BCUT2D eigenvalue weighted by Crippen LogP contribution is 2.35. The lowest BCUT2D eigenvalue weighted by Crippen LogP contribution is -2.28. The molecule has 2 amide bonds. The molecule has 3 N–H and O–H groups in total. The Morgan fingerprint density at radius 2 is 1.62 bits per heavy atom. The van der Waals surface area contributed by atoms with Crippen molar-refractivity contribution in [3.05, 3.63) is 95.8 Å². The zero-order chi connectivity index (χ0) is 22.6. The van der Waals surface area contributed by atoms with Crippen molar-refractivity contribution in [3.63, 3.8) is 0 Å². The van der Waals surface area contributed by atoms with E-state index in [1.165, 1.54) is 12.1 Å². The Morgan fingerprint density at radius 1 is 0.938 bits per heavy atom. The molecule has 1 aromatic heterocycles. The first-order valence-corrected chi connectivity index (χ1v) is 11.5. The molecule has 0 saturated heterocycles. The first-order valence-electron chi connectivity index (χ1n) is 9.67. The van der Waals surface area contributed by atoms with Crippen LogP contribution in [-0.2, 0) is 16.4 Å². The molecule has 0 bridgehead atoms. The quantitative estimate of drug-likeness (QED) is 0.376. The van der Waals surface area contributed by atoms with Gasteiger partial charge in [-0.15, -0.1) is 0 Å². The molecular formula is C23H19ClN4O3S. The van der Waals surface area contributed by atoms with Crippen LogP contribution in [0, 0.1) is 0 Å². The zero-order valence-corrected chi connectivity index (χ0v) is 18.3. The van der Waals surface area contributed by atoms with Crippen molar-refractivity contribution in [3.8, 4) is 11.1 Å². The Kier molecular flexibility index (Phi) is 6.25. The maximum atomic E-state index is 13.4. The highest BCUT2D eigenvalue weighted by atomic mass is 35.5. The van der Waals surface area contributed by atoms with Crippen molar-refractivity contribution in [2.45, 2.75) is 16.3 Å². The molecule has 3 aromatic carbocycles. The molecule has 0 radical (unpaired) electrons. The van der Waals surface area contributed by atoms with Crippen LogP contribution in [0.4, 0.5) is 10.5 Å². The summed E-state index contributed by atoms with van der Waals surface area (Å²) in [5, 5.41) is 12.3. The SMILES string of the molecule is O=C(NCc1cn[nH]c1)Nc1ccc(S(=O)(=O)c2ccccc2-c2ccccc2Cl)cc1. The molecule has 9 heteroatoms. The monoisotopic (exact) mass is 466 g/mol. The van der Waals surface area contributed by atoms with Crippen molar-refractivity contribution in [1.29, 1.82) is 0 Å². The lowest BCUT2D eigenvalue weighted by Gasteiger charge is -2.13. The Hall–Kier alpha value is -3.62. The molecule has 0 atom stereocenters. The van der Waals surface area contributed by atoms with Crippen LogP contribution in [0.25, 0.3) is 11.1 Å². The Morgan fingerprint density at radius 3 is 2.31 bits per heavy atom. The van der Waals surface area contributed by atoms with E-state index in [4.69, 9.17) is 11.6 Å². The van der Waals surface area contributed by atoms with E-state index in [1.807, 2.05) is 6.07 Å². The van der Waals surface area contributed by atoms with Gasteiger partial charge in [0.25, 0.3) is 0 Å². The van der Waals surface area contributed by atoms with Crippen LogP contribution in [0.1, 0.15) is 5.56 Å².